The van der Waals surface area contributed by atoms with Crippen molar-refractivity contribution < 1.29 is 4.79 Å². The predicted octanol–water partition coefficient (Wildman–Crippen LogP) is 3.60. The molecule has 0 unspecified atom stereocenters. The van der Waals surface area contributed by atoms with E-state index in [0.29, 0.717) is 19.0 Å². The highest BCUT2D eigenvalue weighted by Crippen LogP contribution is 2.20. The van der Waals surface area contributed by atoms with Gasteiger partial charge >= 0.3 is 0 Å². The number of benzene rings is 2. The van der Waals surface area contributed by atoms with Gasteiger partial charge in [0.05, 0.1) is 6.54 Å². The summed E-state index contributed by atoms with van der Waals surface area (Å²) in [6, 6.07) is 18.6. The maximum absolute atomic E-state index is 12.1. The minimum absolute atomic E-state index is 0.0230. The third-order valence-electron chi connectivity index (χ3n) is 4.05. The van der Waals surface area contributed by atoms with E-state index in [9.17, 15) is 4.79 Å². The van der Waals surface area contributed by atoms with E-state index in [1.165, 1.54) is 11.1 Å². The number of hydrogen-bond donors (Lipinski definition) is 2. The van der Waals surface area contributed by atoms with E-state index in [2.05, 4.69) is 49.6 Å². The molecule has 1 atom stereocenters. The highest BCUT2D eigenvalue weighted by atomic mass is 16.1. The van der Waals surface area contributed by atoms with Crippen LogP contribution in [0.5, 0.6) is 0 Å². The summed E-state index contributed by atoms with van der Waals surface area (Å²) in [7, 11) is 0. The van der Waals surface area contributed by atoms with Crippen LogP contribution in [0.15, 0.2) is 54.6 Å². The lowest BCUT2D eigenvalue weighted by Gasteiger charge is -2.22. The first kappa shape index (κ1) is 17.2. The number of hydrogen-bond acceptors (Lipinski definition) is 2. The van der Waals surface area contributed by atoms with Crippen LogP contribution in [0, 0.1) is 12.8 Å². The summed E-state index contributed by atoms with van der Waals surface area (Å²) in [5.74, 6) is 0.441. The molecule has 2 N–H and O–H groups in total. The summed E-state index contributed by atoms with van der Waals surface area (Å²) >= 11 is 0. The number of carbonyl (C=O) groups is 1. The number of aryl methyl sites for hydroxylation is 1. The molecular formula is C20H26N2O. The SMILES string of the molecule is Cc1ccccc1CNC(=O)CN[C@H](c1ccccc1)C(C)C. The summed E-state index contributed by atoms with van der Waals surface area (Å²) < 4.78 is 0. The maximum atomic E-state index is 12.1. The Morgan fingerprint density at radius 1 is 1.00 bits per heavy atom. The Labute approximate surface area is 139 Å². The van der Waals surface area contributed by atoms with Crippen LogP contribution in [0.3, 0.4) is 0 Å². The molecule has 0 aliphatic rings. The molecule has 122 valence electrons. The van der Waals surface area contributed by atoms with Crippen LogP contribution in [-0.4, -0.2) is 12.5 Å². The van der Waals surface area contributed by atoms with E-state index in [1.807, 2.05) is 36.4 Å². The maximum Gasteiger partial charge on any atom is 0.234 e. The number of amides is 1. The van der Waals surface area contributed by atoms with Crippen LogP contribution in [0.4, 0.5) is 0 Å². The van der Waals surface area contributed by atoms with Crippen molar-refractivity contribution in [2.45, 2.75) is 33.4 Å². The molecule has 2 aromatic carbocycles. The number of rotatable bonds is 7. The van der Waals surface area contributed by atoms with Crippen molar-refractivity contribution in [1.29, 1.82) is 0 Å². The summed E-state index contributed by atoms with van der Waals surface area (Å²) in [5, 5.41) is 6.36. The Bertz CT molecular complexity index is 623. The molecule has 0 fully saturated rings. The van der Waals surface area contributed by atoms with E-state index in [0.717, 1.165) is 5.56 Å². The first-order valence-electron chi connectivity index (χ1n) is 8.17. The quantitative estimate of drug-likeness (QED) is 0.820. The average Bonchev–Trinajstić information content (AvgIpc) is 2.55. The van der Waals surface area contributed by atoms with Crippen LogP contribution >= 0.6 is 0 Å². The molecule has 2 aromatic rings. The van der Waals surface area contributed by atoms with E-state index in [4.69, 9.17) is 0 Å². The first-order chi connectivity index (χ1) is 11.1. The monoisotopic (exact) mass is 310 g/mol. The molecule has 0 radical (unpaired) electrons. The Balaban J connectivity index is 1.86. The van der Waals surface area contributed by atoms with Crippen LogP contribution in [0.25, 0.3) is 0 Å². The molecule has 2 rings (SSSR count). The third-order valence-corrected chi connectivity index (χ3v) is 4.05. The number of carbonyl (C=O) groups excluding carboxylic acids is 1. The van der Waals surface area contributed by atoms with E-state index < -0.39 is 0 Å². The van der Waals surface area contributed by atoms with Crippen LogP contribution in [0.1, 0.15) is 36.6 Å². The molecule has 3 heteroatoms. The molecule has 0 aliphatic heterocycles. The second-order valence-electron chi connectivity index (χ2n) is 6.22. The van der Waals surface area contributed by atoms with E-state index in [-0.39, 0.29) is 11.9 Å². The van der Waals surface area contributed by atoms with Gasteiger partial charge in [-0.15, -0.1) is 0 Å². The highest BCUT2D eigenvalue weighted by Gasteiger charge is 2.16. The number of nitrogens with one attached hydrogen (secondary N) is 2. The van der Waals surface area contributed by atoms with Crippen molar-refractivity contribution in [3.63, 3.8) is 0 Å². The fourth-order valence-corrected chi connectivity index (χ4v) is 2.67. The summed E-state index contributed by atoms with van der Waals surface area (Å²) in [6.07, 6.45) is 0. The van der Waals surface area contributed by atoms with Crippen LogP contribution < -0.4 is 10.6 Å². The first-order valence-corrected chi connectivity index (χ1v) is 8.17. The largest absolute Gasteiger partial charge is 0.351 e. The van der Waals surface area contributed by atoms with Crippen LogP contribution in [-0.2, 0) is 11.3 Å². The molecular weight excluding hydrogens is 284 g/mol. The molecule has 0 aliphatic carbocycles. The molecule has 0 spiro atoms. The van der Waals surface area contributed by atoms with Crippen molar-refractivity contribution in [1.82, 2.24) is 10.6 Å². The minimum Gasteiger partial charge on any atom is -0.351 e. The van der Waals surface area contributed by atoms with Crippen LogP contribution in [0.2, 0.25) is 0 Å². The zero-order chi connectivity index (χ0) is 16.7. The Morgan fingerprint density at radius 3 is 2.30 bits per heavy atom. The van der Waals surface area contributed by atoms with Gasteiger partial charge in [-0.05, 0) is 29.5 Å². The molecule has 23 heavy (non-hydrogen) atoms. The van der Waals surface area contributed by atoms with Gasteiger partial charge in [-0.25, -0.2) is 0 Å². The molecule has 0 heterocycles. The molecule has 3 nitrogen and oxygen atoms in total. The van der Waals surface area contributed by atoms with Crippen molar-refractivity contribution in [2.24, 2.45) is 5.92 Å². The van der Waals surface area contributed by atoms with E-state index in [1.54, 1.807) is 0 Å². The van der Waals surface area contributed by atoms with Gasteiger partial charge in [0.15, 0.2) is 0 Å². The normalized spacial score (nSPS) is 12.2. The van der Waals surface area contributed by atoms with Crippen molar-refractivity contribution >= 4 is 5.91 Å². The minimum atomic E-state index is 0.0230. The standard InChI is InChI=1S/C20H26N2O/c1-15(2)20(17-10-5-4-6-11-17)22-14-19(23)21-13-18-12-8-7-9-16(18)3/h4-12,15,20,22H,13-14H2,1-3H3,(H,21,23)/t20-/m0/s1. The zero-order valence-electron chi connectivity index (χ0n) is 14.2. The van der Waals surface area contributed by atoms with Gasteiger partial charge < -0.3 is 10.6 Å². The predicted molar refractivity (Wildman–Crippen MR) is 95.0 cm³/mol. The highest BCUT2D eigenvalue weighted by molar-refractivity contribution is 5.78. The second-order valence-corrected chi connectivity index (χ2v) is 6.22. The fraction of sp³-hybridized carbons (Fsp3) is 0.350. The molecule has 1 amide bonds. The molecule has 0 aromatic heterocycles. The summed E-state index contributed by atoms with van der Waals surface area (Å²) in [4.78, 5) is 12.1. The molecule has 0 saturated heterocycles. The fourth-order valence-electron chi connectivity index (χ4n) is 2.67. The zero-order valence-corrected chi connectivity index (χ0v) is 14.2. The summed E-state index contributed by atoms with van der Waals surface area (Å²) in [6.45, 7) is 7.28. The Morgan fingerprint density at radius 2 is 1.65 bits per heavy atom. The summed E-state index contributed by atoms with van der Waals surface area (Å²) in [5.41, 5.74) is 3.57. The lowest BCUT2D eigenvalue weighted by molar-refractivity contribution is -0.120. The van der Waals surface area contributed by atoms with Gasteiger partial charge in [0.25, 0.3) is 0 Å². The average molecular weight is 310 g/mol. The lowest BCUT2D eigenvalue weighted by atomic mass is 9.96. The van der Waals surface area contributed by atoms with Crippen molar-refractivity contribution in [2.75, 3.05) is 6.54 Å². The van der Waals surface area contributed by atoms with Gasteiger partial charge in [0.2, 0.25) is 5.91 Å². The van der Waals surface area contributed by atoms with E-state index >= 15 is 0 Å². The van der Waals surface area contributed by atoms with Gasteiger partial charge in [0.1, 0.15) is 0 Å². The van der Waals surface area contributed by atoms with Gasteiger partial charge in [0, 0.05) is 12.6 Å². The Hall–Kier alpha value is -2.13. The van der Waals surface area contributed by atoms with Crippen molar-refractivity contribution in [3.05, 3.63) is 71.3 Å². The Kier molecular flexibility index (Phi) is 6.36. The van der Waals surface area contributed by atoms with Crippen molar-refractivity contribution in [3.8, 4) is 0 Å². The smallest absolute Gasteiger partial charge is 0.234 e. The molecule has 0 bridgehead atoms. The van der Waals surface area contributed by atoms with Gasteiger partial charge in [-0.3, -0.25) is 4.79 Å². The van der Waals surface area contributed by atoms with Gasteiger partial charge in [-0.1, -0.05) is 68.4 Å². The molecule has 0 saturated carbocycles. The second kappa shape index (κ2) is 8.49. The lowest BCUT2D eigenvalue weighted by Crippen LogP contribution is -2.37. The third kappa shape index (κ3) is 5.22. The van der Waals surface area contributed by atoms with Gasteiger partial charge in [-0.2, -0.15) is 0 Å². The topological polar surface area (TPSA) is 41.1 Å².